The maximum Gasteiger partial charge on any atom is 0.247 e. The Kier molecular flexibility index (Phi) is 3.69. The number of aromatic nitrogens is 3. The SMILES string of the molecule is Fc1ccc(Nc2n[nH]c(SCc3ccco3)n2)cc1. The van der Waals surface area contributed by atoms with Crippen molar-refractivity contribution in [3.8, 4) is 0 Å². The molecule has 0 amide bonds. The normalized spacial score (nSPS) is 10.7. The highest BCUT2D eigenvalue weighted by molar-refractivity contribution is 7.98. The molecule has 0 aliphatic heterocycles. The summed E-state index contributed by atoms with van der Waals surface area (Å²) in [6.45, 7) is 0. The minimum Gasteiger partial charge on any atom is -0.468 e. The third-order valence-corrected chi connectivity index (χ3v) is 3.38. The molecule has 102 valence electrons. The van der Waals surface area contributed by atoms with Crippen molar-refractivity contribution in [2.45, 2.75) is 10.9 Å². The number of hydrogen-bond donors (Lipinski definition) is 2. The monoisotopic (exact) mass is 290 g/mol. The van der Waals surface area contributed by atoms with Gasteiger partial charge < -0.3 is 9.73 Å². The number of benzene rings is 1. The van der Waals surface area contributed by atoms with Crippen LogP contribution in [-0.2, 0) is 5.75 Å². The first kappa shape index (κ1) is 12.7. The Hall–Kier alpha value is -2.28. The van der Waals surface area contributed by atoms with Gasteiger partial charge in [-0.15, -0.1) is 5.10 Å². The number of halogens is 1. The van der Waals surface area contributed by atoms with E-state index >= 15 is 0 Å². The minimum absolute atomic E-state index is 0.278. The Morgan fingerprint density at radius 1 is 1.25 bits per heavy atom. The van der Waals surface area contributed by atoms with Crippen molar-refractivity contribution in [1.82, 2.24) is 15.2 Å². The second-order valence-electron chi connectivity index (χ2n) is 3.96. The number of thioether (sulfide) groups is 1. The van der Waals surface area contributed by atoms with Crippen LogP contribution >= 0.6 is 11.8 Å². The molecule has 0 saturated carbocycles. The Morgan fingerprint density at radius 2 is 2.10 bits per heavy atom. The fraction of sp³-hybridized carbons (Fsp3) is 0.0769. The van der Waals surface area contributed by atoms with Crippen LogP contribution in [0.4, 0.5) is 16.0 Å². The second-order valence-corrected chi connectivity index (χ2v) is 4.93. The number of hydrogen-bond acceptors (Lipinski definition) is 5. The average molecular weight is 290 g/mol. The first-order chi connectivity index (χ1) is 9.79. The lowest BCUT2D eigenvalue weighted by atomic mass is 10.3. The smallest absolute Gasteiger partial charge is 0.247 e. The lowest BCUT2D eigenvalue weighted by Crippen LogP contribution is -1.92. The molecule has 2 heterocycles. The maximum atomic E-state index is 12.8. The largest absolute Gasteiger partial charge is 0.468 e. The fourth-order valence-electron chi connectivity index (χ4n) is 1.56. The molecular formula is C13H11FN4OS. The summed E-state index contributed by atoms with van der Waals surface area (Å²) in [6, 6.07) is 9.75. The van der Waals surface area contributed by atoms with E-state index < -0.39 is 0 Å². The summed E-state index contributed by atoms with van der Waals surface area (Å²) in [6.07, 6.45) is 1.64. The molecule has 0 spiro atoms. The van der Waals surface area contributed by atoms with Gasteiger partial charge in [0.2, 0.25) is 5.95 Å². The molecule has 0 unspecified atom stereocenters. The van der Waals surface area contributed by atoms with Crippen LogP contribution in [0.3, 0.4) is 0 Å². The van der Waals surface area contributed by atoms with E-state index in [2.05, 4.69) is 20.5 Å². The highest BCUT2D eigenvalue weighted by atomic mass is 32.2. The number of anilines is 2. The van der Waals surface area contributed by atoms with E-state index in [1.807, 2.05) is 12.1 Å². The molecule has 7 heteroatoms. The van der Waals surface area contributed by atoms with Crippen molar-refractivity contribution >= 4 is 23.4 Å². The maximum absolute atomic E-state index is 12.8. The van der Waals surface area contributed by atoms with E-state index in [1.165, 1.54) is 23.9 Å². The van der Waals surface area contributed by atoms with Crippen LogP contribution in [0, 0.1) is 5.82 Å². The molecular weight excluding hydrogens is 279 g/mol. The van der Waals surface area contributed by atoms with E-state index in [0.29, 0.717) is 16.9 Å². The van der Waals surface area contributed by atoms with Gasteiger partial charge >= 0.3 is 0 Å². The van der Waals surface area contributed by atoms with Gasteiger partial charge in [-0.1, -0.05) is 11.8 Å². The zero-order valence-electron chi connectivity index (χ0n) is 10.3. The van der Waals surface area contributed by atoms with Gasteiger partial charge in [0.05, 0.1) is 12.0 Å². The highest BCUT2D eigenvalue weighted by Gasteiger charge is 2.05. The minimum atomic E-state index is -0.278. The number of nitrogens with one attached hydrogen (secondary N) is 2. The summed E-state index contributed by atoms with van der Waals surface area (Å²) < 4.78 is 18.0. The summed E-state index contributed by atoms with van der Waals surface area (Å²) in [5.74, 6) is 1.72. The third kappa shape index (κ3) is 3.18. The summed E-state index contributed by atoms with van der Waals surface area (Å²) in [7, 11) is 0. The zero-order valence-corrected chi connectivity index (χ0v) is 11.2. The molecule has 0 radical (unpaired) electrons. The molecule has 0 saturated heterocycles. The van der Waals surface area contributed by atoms with E-state index in [9.17, 15) is 4.39 Å². The Labute approximate surface area is 118 Å². The zero-order chi connectivity index (χ0) is 13.8. The van der Waals surface area contributed by atoms with Crippen molar-refractivity contribution in [2.75, 3.05) is 5.32 Å². The molecule has 0 bridgehead atoms. The topological polar surface area (TPSA) is 66.7 Å². The number of nitrogens with zero attached hydrogens (tertiary/aromatic N) is 2. The molecule has 1 aromatic carbocycles. The molecule has 20 heavy (non-hydrogen) atoms. The van der Waals surface area contributed by atoms with E-state index in [-0.39, 0.29) is 5.82 Å². The molecule has 0 aliphatic carbocycles. The van der Waals surface area contributed by atoms with Crippen LogP contribution in [0.15, 0.2) is 52.2 Å². The van der Waals surface area contributed by atoms with Crippen molar-refractivity contribution in [2.24, 2.45) is 0 Å². The van der Waals surface area contributed by atoms with Crippen LogP contribution in [0.5, 0.6) is 0 Å². The van der Waals surface area contributed by atoms with Gasteiger partial charge in [0.25, 0.3) is 0 Å². The quantitative estimate of drug-likeness (QED) is 0.703. The number of aromatic amines is 1. The predicted octanol–water partition coefficient (Wildman–Crippen LogP) is 3.57. The Bertz CT molecular complexity index is 666. The fourth-order valence-corrected chi connectivity index (χ4v) is 2.27. The van der Waals surface area contributed by atoms with Crippen LogP contribution in [0.1, 0.15) is 5.76 Å². The lowest BCUT2D eigenvalue weighted by Gasteiger charge is -2.00. The van der Waals surface area contributed by atoms with Gasteiger partial charge in [0.15, 0.2) is 5.16 Å². The van der Waals surface area contributed by atoms with Crippen LogP contribution in [0.2, 0.25) is 0 Å². The summed E-state index contributed by atoms with van der Waals surface area (Å²) in [4.78, 5) is 4.28. The van der Waals surface area contributed by atoms with Crippen LogP contribution in [-0.4, -0.2) is 15.2 Å². The van der Waals surface area contributed by atoms with Gasteiger partial charge in [-0.2, -0.15) is 4.98 Å². The van der Waals surface area contributed by atoms with E-state index in [0.717, 1.165) is 11.4 Å². The summed E-state index contributed by atoms with van der Waals surface area (Å²) >= 11 is 1.49. The standard InChI is InChI=1S/C13H11FN4OS/c14-9-3-5-10(6-4-9)15-12-16-13(18-17-12)20-8-11-2-1-7-19-11/h1-7H,8H2,(H2,15,16,17,18). The number of furan rings is 1. The molecule has 0 fully saturated rings. The lowest BCUT2D eigenvalue weighted by molar-refractivity contribution is 0.530. The highest BCUT2D eigenvalue weighted by Crippen LogP contribution is 2.21. The van der Waals surface area contributed by atoms with Crippen LogP contribution < -0.4 is 5.32 Å². The number of rotatable bonds is 5. The molecule has 0 aliphatic rings. The van der Waals surface area contributed by atoms with Crippen molar-refractivity contribution < 1.29 is 8.81 Å². The van der Waals surface area contributed by atoms with Crippen molar-refractivity contribution in [3.63, 3.8) is 0 Å². The van der Waals surface area contributed by atoms with Gasteiger partial charge in [-0.25, -0.2) is 4.39 Å². The average Bonchev–Trinajstić information content (AvgIpc) is 3.10. The van der Waals surface area contributed by atoms with E-state index in [4.69, 9.17) is 4.42 Å². The van der Waals surface area contributed by atoms with Crippen LogP contribution in [0.25, 0.3) is 0 Å². The number of H-pyrrole nitrogens is 1. The molecule has 2 N–H and O–H groups in total. The van der Waals surface area contributed by atoms with Crippen molar-refractivity contribution in [3.05, 3.63) is 54.2 Å². The second kappa shape index (κ2) is 5.79. The van der Waals surface area contributed by atoms with Gasteiger partial charge in [0, 0.05) is 5.69 Å². The summed E-state index contributed by atoms with van der Waals surface area (Å²) in [5, 5.41) is 10.5. The summed E-state index contributed by atoms with van der Waals surface area (Å²) in [5.41, 5.74) is 0.730. The van der Waals surface area contributed by atoms with E-state index in [1.54, 1.807) is 18.4 Å². The third-order valence-electron chi connectivity index (χ3n) is 2.50. The van der Waals surface area contributed by atoms with Gasteiger partial charge in [-0.05, 0) is 36.4 Å². The predicted molar refractivity (Wildman–Crippen MR) is 74.3 cm³/mol. The Morgan fingerprint density at radius 3 is 2.85 bits per heavy atom. The first-order valence-electron chi connectivity index (χ1n) is 5.90. The van der Waals surface area contributed by atoms with Crippen molar-refractivity contribution in [1.29, 1.82) is 0 Å². The van der Waals surface area contributed by atoms with Gasteiger partial charge in [-0.3, -0.25) is 5.10 Å². The molecule has 5 nitrogen and oxygen atoms in total. The molecule has 3 aromatic rings. The molecule has 2 aromatic heterocycles. The van der Waals surface area contributed by atoms with Gasteiger partial charge in [0.1, 0.15) is 11.6 Å². The Balaban J connectivity index is 1.60. The molecule has 3 rings (SSSR count). The first-order valence-corrected chi connectivity index (χ1v) is 6.88. The molecule has 0 atom stereocenters.